The normalized spacial score (nSPS) is 11.5. The minimum Gasteiger partial charge on any atom is -0.355 e. The lowest BCUT2D eigenvalue weighted by atomic mass is 10.3. The van der Waals surface area contributed by atoms with Crippen molar-refractivity contribution in [3.8, 4) is 0 Å². The lowest BCUT2D eigenvalue weighted by molar-refractivity contribution is 0.300. The van der Waals surface area contributed by atoms with Gasteiger partial charge in [-0.05, 0) is 44.6 Å². The van der Waals surface area contributed by atoms with Crippen LogP contribution >= 0.6 is 11.6 Å². The van der Waals surface area contributed by atoms with Gasteiger partial charge in [0.2, 0.25) is 5.28 Å². The number of rotatable bonds is 8. The smallest absolute Gasteiger partial charge is 0.226 e. The minimum atomic E-state index is 0.242. The van der Waals surface area contributed by atoms with Crippen molar-refractivity contribution in [3.05, 3.63) is 11.6 Å². The summed E-state index contributed by atoms with van der Waals surface area (Å²) < 4.78 is 0. The average molecular weight is 311 g/mol. The molecule has 6 nitrogen and oxygen atoms in total. The number of anilines is 1. The van der Waals surface area contributed by atoms with Crippen molar-refractivity contribution in [2.24, 2.45) is 0 Å². The molecule has 7 heteroatoms. The molecular formula is C14H23ClN6. The number of hydrogen-bond acceptors (Lipinski definition) is 5. The lowest BCUT2D eigenvalue weighted by Gasteiger charge is -2.24. The van der Waals surface area contributed by atoms with Gasteiger partial charge in [0.1, 0.15) is 5.52 Å². The predicted octanol–water partition coefficient (Wildman–Crippen LogP) is 2.56. The Labute approximate surface area is 130 Å². The summed E-state index contributed by atoms with van der Waals surface area (Å²) in [5.41, 5.74) is 1.47. The van der Waals surface area contributed by atoms with Gasteiger partial charge < -0.3 is 14.8 Å². The van der Waals surface area contributed by atoms with E-state index in [0.29, 0.717) is 5.65 Å². The molecule has 0 bridgehead atoms. The van der Waals surface area contributed by atoms with E-state index in [4.69, 9.17) is 11.6 Å². The SMILES string of the molecule is CCN(CC)CCCN(CC)c1nc(Cl)nc2nc[nH]c12. The third kappa shape index (κ3) is 3.83. The van der Waals surface area contributed by atoms with E-state index in [2.05, 4.69) is 50.5 Å². The van der Waals surface area contributed by atoms with Gasteiger partial charge in [-0.15, -0.1) is 0 Å². The summed E-state index contributed by atoms with van der Waals surface area (Å²) >= 11 is 6.00. The Morgan fingerprint density at radius 2 is 1.86 bits per heavy atom. The molecule has 0 unspecified atom stereocenters. The number of halogens is 1. The second-order valence-electron chi connectivity index (χ2n) is 4.88. The van der Waals surface area contributed by atoms with E-state index in [9.17, 15) is 0 Å². The fraction of sp³-hybridized carbons (Fsp3) is 0.643. The lowest BCUT2D eigenvalue weighted by Crippen LogP contribution is -2.30. The Hall–Kier alpha value is -1.40. The van der Waals surface area contributed by atoms with E-state index in [0.717, 1.165) is 50.5 Å². The number of imidazole rings is 1. The van der Waals surface area contributed by atoms with Crippen LogP contribution in [0.5, 0.6) is 0 Å². The number of aromatic nitrogens is 4. The Bertz CT molecular complexity index is 566. The van der Waals surface area contributed by atoms with Crippen LogP contribution in [0.3, 0.4) is 0 Å². The molecule has 2 aromatic rings. The highest BCUT2D eigenvalue weighted by Gasteiger charge is 2.14. The number of nitrogens with zero attached hydrogens (tertiary/aromatic N) is 5. The third-order valence-electron chi connectivity index (χ3n) is 3.72. The number of fused-ring (bicyclic) bond motifs is 1. The Balaban J connectivity index is 2.10. The number of aromatic amines is 1. The quantitative estimate of drug-likeness (QED) is 0.759. The summed E-state index contributed by atoms with van der Waals surface area (Å²) in [6, 6.07) is 0. The van der Waals surface area contributed by atoms with Gasteiger partial charge >= 0.3 is 0 Å². The molecule has 116 valence electrons. The van der Waals surface area contributed by atoms with Gasteiger partial charge in [0, 0.05) is 13.1 Å². The fourth-order valence-electron chi connectivity index (χ4n) is 2.46. The molecule has 0 aromatic carbocycles. The van der Waals surface area contributed by atoms with Crippen LogP contribution in [0.15, 0.2) is 6.33 Å². The van der Waals surface area contributed by atoms with Crippen molar-refractivity contribution >= 4 is 28.6 Å². The Morgan fingerprint density at radius 3 is 2.52 bits per heavy atom. The first-order chi connectivity index (χ1) is 10.2. The van der Waals surface area contributed by atoms with Gasteiger partial charge in [-0.3, -0.25) is 0 Å². The van der Waals surface area contributed by atoms with Gasteiger partial charge in [-0.2, -0.15) is 9.97 Å². The summed E-state index contributed by atoms with van der Waals surface area (Å²) in [5, 5.41) is 0.242. The van der Waals surface area contributed by atoms with Crippen molar-refractivity contribution in [2.75, 3.05) is 37.6 Å². The zero-order valence-electron chi connectivity index (χ0n) is 12.9. The van der Waals surface area contributed by atoms with E-state index < -0.39 is 0 Å². The number of nitrogens with one attached hydrogen (secondary N) is 1. The van der Waals surface area contributed by atoms with Crippen LogP contribution in [0.4, 0.5) is 5.82 Å². The molecule has 0 aliphatic carbocycles. The number of H-pyrrole nitrogens is 1. The van der Waals surface area contributed by atoms with E-state index in [1.54, 1.807) is 6.33 Å². The summed E-state index contributed by atoms with van der Waals surface area (Å²) in [4.78, 5) is 20.4. The topological polar surface area (TPSA) is 60.9 Å². The molecule has 0 fully saturated rings. The maximum Gasteiger partial charge on any atom is 0.226 e. The zero-order valence-corrected chi connectivity index (χ0v) is 13.7. The minimum absolute atomic E-state index is 0.242. The standard InChI is InChI=1S/C14H23ClN6/c1-4-20(5-2)8-7-9-21(6-3)13-11-12(17-10-16-11)18-14(15)19-13/h10H,4-9H2,1-3H3,(H,16,17,18,19). The second-order valence-corrected chi connectivity index (χ2v) is 5.22. The largest absolute Gasteiger partial charge is 0.355 e. The Kier molecular flexibility index (Phi) is 5.76. The highest BCUT2D eigenvalue weighted by molar-refractivity contribution is 6.28. The predicted molar refractivity (Wildman–Crippen MR) is 87.0 cm³/mol. The van der Waals surface area contributed by atoms with Crippen LogP contribution in [-0.4, -0.2) is 57.6 Å². The van der Waals surface area contributed by atoms with Crippen molar-refractivity contribution in [1.82, 2.24) is 24.8 Å². The molecule has 0 aliphatic rings. The van der Waals surface area contributed by atoms with Crippen LogP contribution in [0, 0.1) is 0 Å². The summed E-state index contributed by atoms with van der Waals surface area (Å²) in [7, 11) is 0. The molecule has 0 aliphatic heterocycles. The summed E-state index contributed by atoms with van der Waals surface area (Å²) in [6.45, 7) is 11.6. The van der Waals surface area contributed by atoms with Crippen molar-refractivity contribution < 1.29 is 0 Å². The number of hydrogen-bond donors (Lipinski definition) is 1. The van der Waals surface area contributed by atoms with E-state index in [1.165, 1.54) is 0 Å². The first kappa shape index (κ1) is 16.0. The van der Waals surface area contributed by atoms with Crippen LogP contribution in [0.1, 0.15) is 27.2 Å². The van der Waals surface area contributed by atoms with Gasteiger partial charge in [-0.25, -0.2) is 4.98 Å². The third-order valence-corrected chi connectivity index (χ3v) is 3.89. The van der Waals surface area contributed by atoms with Crippen molar-refractivity contribution in [1.29, 1.82) is 0 Å². The molecule has 0 atom stereocenters. The molecule has 2 heterocycles. The maximum absolute atomic E-state index is 6.00. The summed E-state index contributed by atoms with van der Waals surface area (Å²) in [6.07, 6.45) is 2.72. The van der Waals surface area contributed by atoms with Gasteiger partial charge in [-0.1, -0.05) is 13.8 Å². The molecule has 1 N–H and O–H groups in total. The highest BCUT2D eigenvalue weighted by Crippen LogP contribution is 2.22. The van der Waals surface area contributed by atoms with Gasteiger partial charge in [0.15, 0.2) is 11.5 Å². The molecule has 0 saturated carbocycles. The molecule has 0 amide bonds. The van der Waals surface area contributed by atoms with Crippen molar-refractivity contribution in [2.45, 2.75) is 27.2 Å². The van der Waals surface area contributed by atoms with E-state index in [-0.39, 0.29) is 5.28 Å². The van der Waals surface area contributed by atoms with Crippen LogP contribution < -0.4 is 4.90 Å². The molecule has 0 radical (unpaired) electrons. The summed E-state index contributed by atoms with van der Waals surface area (Å²) in [5.74, 6) is 0.838. The molecule has 2 aromatic heterocycles. The van der Waals surface area contributed by atoms with E-state index >= 15 is 0 Å². The average Bonchev–Trinajstić information content (AvgIpc) is 2.95. The maximum atomic E-state index is 6.00. The first-order valence-electron chi connectivity index (χ1n) is 7.53. The molecular weight excluding hydrogens is 288 g/mol. The molecule has 21 heavy (non-hydrogen) atoms. The monoisotopic (exact) mass is 310 g/mol. The molecule has 0 spiro atoms. The van der Waals surface area contributed by atoms with Crippen molar-refractivity contribution in [3.63, 3.8) is 0 Å². The fourth-order valence-corrected chi connectivity index (χ4v) is 2.62. The highest BCUT2D eigenvalue weighted by atomic mass is 35.5. The Morgan fingerprint density at radius 1 is 1.10 bits per heavy atom. The van der Waals surface area contributed by atoms with Gasteiger partial charge in [0.05, 0.1) is 6.33 Å². The van der Waals surface area contributed by atoms with Crippen LogP contribution in [-0.2, 0) is 0 Å². The zero-order chi connectivity index (χ0) is 15.2. The molecule has 0 saturated heterocycles. The second kappa shape index (κ2) is 7.56. The van der Waals surface area contributed by atoms with Gasteiger partial charge in [0.25, 0.3) is 0 Å². The molecule has 2 rings (SSSR count). The van der Waals surface area contributed by atoms with Crippen LogP contribution in [0.25, 0.3) is 11.2 Å². The first-order valence-corrected chi connectivity index (χ1v) is 7.91. The van der Waals surface area contributed by atoms with Crippen LogP contribution in [0.2, 0.25) is 5.28 Å². The van der Waals surface area contributed by atoms with E-state index in [1.807, 2.05) is 0 Å².